The van der Waals surface area contributed by atoms with Gasteiger partial charge in [-0.25, -0.2) is 4.79 Å². The Kier molecular flexibility index (Phi) is 4.78. The molecule has 1 fully saturated rings. The second kappa shape index (κ2) is 6.23. The van der Waals surface area contributed by atoms with Crippen molar-refractivity contribution in [2.45, 2.75) is 25.3 Å². The molecular formula is C14H15BrClNO4. The van der Waals surface area contributed by atoms with E-state index >= 15 is 0 Å². The molecule has 0 aliphatic carbocycles. The number of hydrogen-bond acceptors (Lipinski definition) is 3. The van der Waals surface area contributed by atoms with Gasteiger partial charge >= 0.3 is 5.97 Å². The zero-order chi connectivity index (χ0) is 15.6. The number of aliphatic carboxylic acids is 1. The van der Waals surface area contributed by atoms with Crippen LogP contribution < -0.4 is 4.74 Å². The Bertz CT molecular complexity index is 580. The molecule has 1 aliphatic heterocycles. The lowest BCUT2D eigenvalue weighted by molar-refractivity contribution is -0.156. The fourth-order valence-corrected chi connectivity index (χ4v) is 3.19. The number of carboxylic acids is 1. The number of ether oxygens (including phenoxy) is 1. The highest BCUT2D eigenvalue weighted by Gasteiger charge is 2.45. The van der Waals surface area contributed by atoms with Gasteiger partial charge in [-0.2, -0.15) is 0 Å². The molecule has 21 heavy (non-hydrogen) atoms. The lowest BCUT2D eigenvalue weighted by atomic mass is 9.99. The zero-order valence-electron chi connectivity index (χ0n) is 11.4. The summed E-state index contributed by atoms with van der Waals surface area (Å²) >= 11 is 9.13. The van der Waals surface area contributed by atoms with Crippen LogP contribution in [0.2, 0.25) is 5.02 Å². The number of carbonyl (C=O) groups excluding carboxylic acids is 1. The summed E-state index contributed by atoms with van der Waals surface area (Å²) in [6.07, 6.45) is 1.14. The first-order valence-corrected chi connectivity index (χ1v) is 7.63. The van der Waals surface area contributed by atoms with Crippen LogP contribution in [-0.2, 0) is 9.59 Å². The molecule has 2 rings (SSSR count). The third-order valence-electron chi connectivity index (χ3n) is 3.65. The van der Waals surface area contributed by atoms with Crippen molar-refractivity contribution in [1.29, 1.82) is 0 Å². The zero-order valence-corrected chi connectivity index (χ0v) is 13.8. The minimum Gasteiger partial charge on any atom is -0.483 e. The summed E-state index contributed by atoms with van der Waals surface area (Å²) in [5, 5.41) is 9.85. The van der Waals surface area contributed by atoms with E-state index in [-0.39, 0.29) is 12.5 Å². The normalized spacial score (nSPS) is 21.4. The van der Waals surface area contributed by atoms with Gasteiger partial charge in [0.2, 0.25) is 0 Å². The molecule has 1 N–H and O–H groups in total. The highest BCUT2D eigenvalue weighted by molar-refractivity contribution is 9.10. The van der Waals surface area contributed by atoms with Crippen LogP contribution in [0.15, 0.2) is 22.7 Å². The summed E-state index contributed by atoms with van der Waals surface area (Å²) in [7, 11) is 0. The SMILES string of the molecule is CC1(C(=O)O)CCCN1C(=O)COc1ccc(Cl)cc1Br. The maximum Gasteiger partial charge on any atom is 0.329 e. The number of carbonyl (C=O) groups is 2. The Labute approximate surface area is 136 Å². The number of rotatable bonds is 4. The van der Waals surface area contributed by atoms with Crippen molar-refractivity contribution >= 4 is 39.4 Å². The molecule has 114 valence electrons. The second-order valence-electron chi connectivity index (χ2n) is 5.09. The van der Waals surface area contributed by atoms with Crippen molar-refractivity contribution in [3.05, 3.63) is 27.7 Å². The van der Waals surface area contributed by atoms with E-state index in [9.17, 15) is 14.7 Å². The van der Waals surface area contributed by atoms with E-state index in [1.807, 2.05) is 0 Å². The number of amides is 1. The number of benzene rings is 1. The fourth-order valence-electron chi connectivity index (χ4n) is 2.40. The Morgan fingerprint density at radius 2 is 2.24 bits per heavy atom. The summed E-state index contributed by atoms with van der Waals surface area (Å²) in [4.78, 5) is 24.9. The quantitative estimate of drug-likeness (QED) is 0.877. The molecule has 1 saturated heterocycles. The van der Waals surface area contributed by atoms with Crippen LogP contribution in [-0.4, -0.2) is 40.6 Å². The van der Waals surface area contributed by atoms with Crippen LogP contribution in [0.1, 0.15) is 19.8 Å². The van der Waals surface area contributed by atoms with Crippen molar-refractivity contribution in [1.82, 2.24) is 4.90 Å². The molecule has 7 heteroatoms. The summed E-state index contributed by atoms with van der Waals surface area (Å²) in [6, 6.07) is 4.97. The Morgan fingerprint density at radius 3 is 2.86 bits per heavy atom. The van der Waals surface area contributed by atoms with Crippen molar-refractivity contribution in [2.24, 2.45) is 0 Å². The second-order valence-corrected chi connectivity index (χ2v) is 6.38. The van der Waals surface area contributed by atoms with Crippen LogP contribution in [0.5, 0.6) is 5.75 Å². The van der Waals surface area contributed by atoms with E-state index in [2.05, 4.69) is 15.9 Å². The summed E-state index contributed by atoms with van der Waals surface area (Å²) in [6.45, 7) is 1.80. The smallest absolute Gasteiger partial charge is 0.329 e. The van der Waals surface area contributed by atoms with E-state index in [4.69, 9.17) is 16.3 Å². The molecular weight excluding hydrogens is 362 g/mol. The van der Waals surface area contributed by atoms with Gasteiger partial charge in [-0.15, -0.1) is 0 Å². The average Bonchev–Trinajstić information content (AvgIpc) is 2.81. The Hall–Kier alpha value is -1.27. The maximum atomic E-state index is 12.2. The van der Waals surface area contributed by atoms with Gasteiger partial charge in [-0.05, 0) is 53.9 Å². The molecule has 1 aromatic rings. The van der Waals surface area contributed by atoms with E-state index in [0.29, 0.717) is 34.6 Å². The highest BCUT2D eigenvalue weighted by Crippen LogP contribution is 2.31. The van der Waals surface area contributed by atoms with E-state index in [0.717, 1.165) is 0 Å². The van der Waals surface area contributed by atoms with Crippen LogP contribution in [0, 0.1) is 0 Å². The molecule has 0 spiro atoms. The Balaban J connectivity index is 2.03. The first kappa shape index (κ1) is 16.1. The van der Waals surface area contributed by atoms with Crippen LogP contribution in [0.4, 0.5) is 0 Å². The van der Waals surface area contributed by atoms with Gasteiger partial charge < -0.3 is 14.7 Å². The number of hydrogen-bond donors (Lipinski definition) is 1. The van der Waals surface area contributed by atoms with Gasteiger partial charge in [0.05, 0.1) is 4.47 Å². The number of likely N-dealkylation sites (tertiary alicyclic amines) is 1. The van der Waals surface area contributed by atoms with Crippen LogP contribution >= 0.6 is 27.5 Å². The first-order chi connectivity index (χ1) is 9.84. The lowest BCUT2D eigenvalue weighted by Gasteiger charge is -2.31. The van der Waals surface area contributed by atoms with Crippen LogP contribution in [0.3, 0.4) is 0 Å². The van der Waals surface area contributed by atoms with Gasteiger partial charge in [-0.1, -0.05) is 11.6 Å². The fraction of sp³-hybridized carbons (Fsp3) is 0.429. The van der Waals surface area contributed by atoms with E-state index in [1.165, 1.54) is 4.90 Å². The molecule has 5 nitrogen and oxygen atoms in total. The molecule has 0 radical (unpaired) electrons. The van der Waals surface area contributed by atoms with Gasteiger partial charge in [0.25, 0.3) is 5.91 Å². The summed E-state index contributed by atoms with van der Waals surface area (Å²) in [5.41, 5.74) is -1.14. The number of nitrogens with zero attached hydrogens (tertiary/aromatic N) is 1. The minimum absolute atomic E-state index is 0.205. The topological polar surface area (TPSA) is 66.8 Å². The average molecular weight is 377 g/mol. The maximum absolute atomic E-state index is 12.2. The first-order valence-electron chi connectivity index (χ1n) is 6.46. The number of carboxylic acid groups (broad SMARTS) is 1. The van der Waals surface area contributed by atoms with Crippen molar-refractivity contribution in [3.8, 4) is 5.75 Å². The van der Waals surface area contributed by atoms with Gasteiger partial charge in [-0.3, -0.25) is 4.79 Å². The molecule has 1 aliphatic rings. The monoisotopic (exact) mass is 375 g/mol. The predicted octanol–water partition coefficient (Wildman–Crippen LogP) is 2.95. The standard InChI is InChI=1S/C14H15BrClNO4/c1-14(13(19)20)5-2-6-17(14)12(18)8-21-11-4-3-9(16)7-10(11)15/h3-4,7H,2,5-6,8H2,1H3,(H,19,20). The molecule has 0 saturated carbocycles. The third kappa shape index (κ3) is 3.32. The Morgan fingerprint density at radius 1 is 1.52 bits per heavy atom. The van der Waals surface area contributed by atoms with Crippen LogP contribution in [0.25, 0.3) is 0 Å². The van der Waals surface area contributed by atoms with Crippen molar-refractivity contribution in [3.63, 3.8) is 0 Å². The third-order valence-corrected chi connectivity index (χ3v) is 4.50. The molecule has 0 bridgehead atoms. The molecule has 1 heterocycles. The minimum atomic E-state index is -1.14. The van der Waals surface area contributed by atoms with E-state index in [1.54, 1.807) is 25.1 Å². The van der Waals surface area contributed by atoms with Gasteiger partial charge in [0, 0.05) is 11.6 Å². The van der Waals surface area contributed by atoms with Gasteiger partial charge in [0.1, 0.15) is 11.3 Å². The molecule has 1 unspecified atom stereocenters. The molecule has 0 aromatic heterocycles. The van der Waals surface area contributed by atoms with Gasteiger partial charge in [0.15, 0.2) is 6.61 Å². The largest absolute Gasteiger partial charge is 0.483 e. The molecule has 1 aromatic carbocycles. The van der Waals surface area contributed by atoms with Crippen molar-refractivity contribution in [2.75, 3.05) is 13.2 Å². The lowest BCUT2D eigenvalue weighted by Crippen LogP contribution is -2.52. The summed E-state index contributed by atoms with van der Waals surface area (Å²) < 4.78 is 6.09. The van der Waals surface area contributed by atoms with Crippen molar-refractivity contribution < 1.29 is 19.4 Å². The molecule has 1 amide bonds. The summed E-state index contributed by atoms with van der Waals surface area (Å²) in [5.74, 6) is -0.829. The number of halogens is 2. The highest BCUT2D eigenvalue weighted by atomic mass is 79.9. The predicted molar refractivity (Wildman–Crippen MR) is 81.6 cm³/mol. The van der Waals surface area contributed by atoms with E-state index < -0.39 is 11.5 Å². The molecule has 1 atom stereocenters.